The summed E-state index contributed by atoms with van der Waals surface area (Å²) in [6.07, 6.45) is -3.26. The monoisotopic (exact) mass is 294 g/mol. The largest absolute Gasteiger partial charge is 0.391 e. The standard InChI is InChI=1S/C13H21F3N2O2/c1-20-11-7-17-6-10(11)18-12(19)8-3-2-4-9(5-8)13(14,15)16/h8-11,17H,2-7H2,1H3,(H,18,19)/t8?,9?,10?,11-/m0/s1. The molecule has 2 N–H and O–H groups in total. The van der Waals surface area contributed by atoms with Crippen LogP contribution in [0.1, 0.15) is 25.7 Å². The van der Waals surface area contributed by atoms with Crippen molar-refractivity contribution in [3.8, 4) is 0 Å². The molecule has 4 nitrogen and oxygen atoms in total. The number of nitrogens with one attached hydrogen (secondary N) is 2. The lowest BCUT2D eigenvalue weighted by Gasteiger charge is -2.31. The Balaban J connectivity index is 1.89. The number of ether oxygens (including phenoxy) is 1. The van der Waals surface area contributed by atoms with E-state index in [1.165, 1.54) is 0 Å². The SMILES string of the molecule is CO[C@H]1CNCC1NC(=O)C1CCCC(C(F)(F)F)C1. The van der Waals surface area contributed by atoms with E-state index in [0.29, 0.717) is 25.9 Å². The molecule has 2 fully saturated rings. The Kier molecular flexibility index (Phi) is 4.90. The molecular formula is C13H21F3N2O2. The zero-order valence-electron chi connectivity index (χ0n) is 11.5. The molecule has 0 spiro atoms. The van der Waals surface area contributed by atoms with Gasteiger partial charge in [-0.15, -0.1) is 0 Å². The predicted octanol–water partition coefficient (Wildman–Crippen LogP) is 1.46. The summed E-state index contributed by atoms with van der Waals surface area (Å²) in [7, 11) is 1.57. The van der Waals surface area contributed by atoms with Gasteiger partial charge in [-0.3, -0.25) is 4.79 Å². The lowest BCUT2D eigenvalue weighted by atomic mass is 9.80. The van der Waals surface area contributed by atoms with Gasteiger partial charge in [-0.05, 0) is 19.3 Å². The Bertz CT molecular complexity index is 349. The molecule has 1 heterocycles. The molecule has 7 heteroatoms. The lowest BCUT2D eigenvalue weighted by molar-refractivity contribution is -0.186. The average molecular weight is 294 g/mol. The molecule has 1 aliphatic heterocycles. The summed E-state index contributed by atoms with van der Waals surface area (Å²) in [4.78, 5) is 12.1. The van der Waals surface area contributed by atoms with Crippen LogP contribution >= 0.6 is 0 Å². The summed E-state index contributed by atoms with van der Waals surface area (Å²) in [6, 6.07) is -0.154. The summed E-state index contributed by atoms with van der Waals surface area (Å²) in [6.45, 7) is 1.25. The number of alkyl halides is 3. The summed E-state index contributed by atoms with van der Waals surface area (Å²) in [5, 5.41) is 5.92. The van der Waals surface area contributed by atoms with Crippen molar-refractivity contribution in [3.05, 3.63) is 0 Å². The van der Waals surface area contributed by atoms with E-state index in [2.05, 4.69) is 10.6 Å². The number of halogens is 3. The second-order valence-corrected chi connectivity index (χ2v) is 5.65. The Morgan fingerprint density at radius 1 is 1.30 bits per heavy atom. The van der Waals surface area contributed by atoms with Crippen LogP contribution in [0, 0.1) is 11.8 Å². The molecule has 20 heavy (non-hydrogen) atoms. The summed E-state index contributed by atoms with van der Waals surface area (Å²) in [5.41, 5.74) is 0. The van der Waals surface area contributed by atoms with Crippen LogP contribution in [0.4, 0.5) is 13.2 Å². The number of hydrogen-bond donors (Lipinski definition) is 2. The highest BCUT2D eigenvalue weighted by Gasteiger charge is 2.44. The van der Waals surface area contributed by atoms with Crippen LogP contribution in [0.3, 0.4) is 0 Å². The van der Waals surface area contributed by atoms with Gasteiger partial charge in [0.25, 0.3) is 0 Å². The van der Waals surface area contributed by atoms with Crippen LogP contribution in [0.2, 0.25) is 0 Å². The number of methoxy groups -OCH3 is 1. The molecule has 1 amide bonds. The van der Waals surface area contributed by atoms with Gasteiger partial charge < -0.3 is 15.4 Å². The van der Waals surface area contributed by atoms with E-state index < -0.39 is 18.0 Å². The van der Waals surface area contributed by atoms with Crippen molar-refractivity contribution in [2.24, 2.45) is 11.8 Å². The van der Waals surface area contributed by atoms with Crippen LogP contribution in [0.5, 0.6) is 0 Å². The van der Waals surface area contributed by atoms with E-state index in [4.69, 9.17) is 4.74 Å². The zero-order chi connectivity index (χ0) is 14.8. The van der Waals surface area contributed by atoms with Crippen molar-refractivity contribution in [2.45, 2.75) is 44.0 Å². The zero-order valence-corrected chi connectivity index (χ0v) is 11.5. The van der Waals surface area contributed by atoms with E-state index >= 15 is 0 Å². The molecule has 4 atom stereocenters. The maximum Gasteiger partial charge on any atom is 0.391 e. The van der Waals surface area contributed by atoms with Crippen molar-refractivity contribution in [1.29, 1.82) is 0 Å². The van der Waals surface area contributed by atoms with Crippen molar-refractivity contribution >= 4 is 5.91 Å². The number of carbonyl (C=O) groups excluding carboxylic acids is 1. The highest BCUT2D eigenvalue weighted by Crippen LogP contribution is 2.39. The molecule has 1 saturated heterocycles. The third kappa shape index (κ3) is 3.63. The van der Waals surface area contributed by atoms with Crippen LogP contribution in [0.15, 0.2) is 0 Å². The van der Waals surface area contributed by atoms with E-state index in [1.807, 2.05) is 0 Å². The Labute approximate surface area is 116 Å². The highest BCUT2D eigenvalue weighted by molar-refractivity contribution is 5.79. The van der Waals surface area contributed by atoms with Crippen molar-refractivity contribution in [1.82, 2.24) is 10.6 Å². The molecule has 2 rings (SSSR count). The molecule has 116 valence electrons. The minimum absolute atomic E-state index is 0.0901. The average Bonchev–Trinajstić information content (AvgIpc) is 2.85. The van der Waals surface area contributed by atoms with Gasteiger partial charge in [-0.25, -0.2) is 0 Å². The molecule has 2 aliphatic rings. The van der Waals surface area contributed by atoms with Crippen LogP contribution < -0.4 is 10.6 Å². The first-order valence-electron chi connectivity index (χ1n) is 7.02. The van der Waals surface area contributed by atoms with Gasteiger partial charge in [0.15, 0.2) is 0 Å². The molecule has 0 aromatic heterocycles. The second kappa shape index (κ2) is 6.30. The second-order valence-electron chi connectivity index (χ2n) is 5.65. The van der Waals surface area contributed by atoms with Crippen molar-refractivity contribution in [2.75, 3.05) is 20.2 Å². The van der Waals surface area contributed by atoms with Crippen molar-refractivity contribution in [3.63, 3.8) is 0 Å². The fraction of sp³-hybridized carbons (Fsp3) is 0.923. The van der Waals surface area contributed by atoms with Gasteiger partial charge in [0.05, 0.1) is 18.1 Å². The molecule has 1 saturated carbocycles. The number of rotatable bonds is 3. The van der Waals surface area contributed by atoms with Crippen LogP contribution in [-0.2, 0) is 9.53 Å². The fourth-order valence-corrected chi connectivity index (χ4v) is 3.07. The Morgan fingerprint density at radius 3 is 2.70 bits per heavy atom. The number of hydrogen-bond acceptors (Lipinski definition) is 3. The summed E-state index contributed by atoms with van der Waals surface area (Å²) < 4.78 is 43.4. The minimum Gasteiger partial charge on any atom is -0.378 e. The summed E-state index contributed by atoms with van der Waals surface area (Å²) in [5.74, 6) is -2.14. The maximum absolute atomic E-state index is 12.7. The Morgan fingerprint density at radius 2 is 2.05 bits per heavy atom. The molecule has 1 aliphatic carbocycles. The van der Waals surface area contributed by atoms with E-state index in [0.717, 1.165) is 0 Å². The summed E-state index contributed by atoms with van der Waals surface area (Å²) >= 11 is 0. The molecule has 0 bridgehead atoms. The Hall–Kier alpha value is -0.820. The van der Waals surface area contributed by atoms with Crippen molar-refractivity contribution < 1.29 is 22.7 Å². The first kappa shape index (κ1) is 15.6. The van der Waals surface area contributed by atoms with E-state index in [1.54, 1.807) is 7.11 Å². The molecular weight excluding hydrogens is 273 g/mol. The smallest absolute Gasteiger partial charge is 0.378 e. The first-order chi connectivity index (χ1) is 9.41. The maximum atomic E-state index is 12.7. The van der Waals surface area contributed by atoms with Gasteiger partial charge in [0.1, 0.15) is 0 Å². The van der Waals surface area contributed by atoms with Gasteiger partial charge in [-0.2, -0.15) is 13.2 Å². The normalized spacial score (nSPS) is 35.0. The fourth-order valence-electron chi connectivity index (χ4n) is 3.07. The minimum atomic E-state index is -4.19. The first-order valence-corrected chi connectivity index (χ1v) is 7.02. The molecule has 3 unspecified atom stereocenters. The topological polar surface area (TPSA) is 50.4 Å². The molecule has 0 aromatic rings. The van der Waals surface area contributed by atoms with Gasteiger partial charge in [0, 0.05) is 26.1 Å². The molecule has 0 radical (unpaired) electrons. The predicted molar refractivity (Wildman–Crippen MR) is 67.1 cm³/mol. The van der Waals surface area contributed by atoms with Crippen LogP contribution in [-0.4, -0.2) is 44.4 Å². The van der Waals surface area contributed by atoms with Crippen LogP contribution in [0.25, 0.3) is 0 Å². The van der Waals surface area contributed by atoms with Gasteiger partial charge >= 0.3 is 6.18 Å². The highest BCUT2D eigenvalue weighted by atomic mass is 19.4. The number of amides is 1. The van der Waals surface area contributed by atoms with E-state index in [-0.39, 0.29) is 30.9 Å². The number of carbonyl (C=O) groups is 1. The molecule has 0 aromatic carbocycles. The third-order valence-electron chi connectivity index (χ3n) is 4.30. The quantitative estimate of drug-likeness (QED) is 0.828. The van der Waals surface area contributed by atoms with E-state index in [9.17, 15) is 18.0 Å². The lowest BCUT2D eigenvalue weighted by Crippen LogP contribution is -2.47. The van der Waals surface area contributed by atoms with Gasteiger partial charge in [0.2, 0.25) is 5.91 Å². The van der Waals surface area contributed by atoms with Gasteiger partial charge in [-0.1, -0.05) is 6.42 Å². The third-order valence-corrected chi connectivity index (χ3v) is 4.30.